The number of piperidine rings is 1. The third-order valence-corrected chi connectivity index (χ3v) is 4.88. The summed E-state index contributed by atoms with van der Waals surface area (Å²) < 4.78 is 2.66. The number of halogens is 1. The van der Waals surface area contributed by atoms with E-state index in [1.807, 2.05) is 36.1 Å². The van der Waals surface area contributed by atoms with E-state index in [1.165, 1.54) is 0 Å². The Bertz CT molecular complexity index is 706. The minimum absolute atomic E-state index is 0.0424. The van der Waals surface area contributed by atoms with Gasteiger partial charge in [-0.15, -0.1) is 5.10 Å². The van der Waals surface area contributed by atoms with Gasteiger partial charge in [-0.3, -0.25) is 4.79 Å². The first kappa shape index (κ1) is 16.1. The zero-order valence-corrected chi connectivity index (χ0v) is 14.7. The van der Waals surface area contributed by atoms with Gasteiger partial charge < -0.3 is 10.6 Å². The zero-order valence-electron chi connectivity index (χ0n) is 13.1. The molecule has 2 N–H and O–H groups in total. The molecule has 0 unspecified atom stereocenters. The molecule has 1 fully saturated rings. The molecule has 1 aliphatic rings. The molecule has 23 heavy (non-hydrogen) atoms. The highest BCUT2D eigenvalue weighted by Gasteiger charge is 2.26. The molecule has 0 aliphatic carbocycles. The number of carbonyl (C=O) groups is 1. The lowest BCUT2D eigenvalue weighted by Crippen LogP contribution is -2.40. The fraction of sp³-hybridized carbons (Fsp3) is 0.438. The first-order chi connectivity index (χ1) is 11.1. The Morgan fingerprint density at radius 1 is 1.39 bits per heavy atom. The van der Waals surface area contributed by atoms with Crippen molar-refractivity contribution in [2.24, 2.45) is 11.7 Å². The van der Waals surface area contributed by atoms with Crippen molar-refractivity contribution in [3.8, 4) is 5.69 Å². The average Bonchev–Trinajstić information content (AvgIpc) is 2.96. The van der Waals surface area contributed by atoms with E-state index >= 15 is 0 Å². The van der Waals surface area contributed by atoms with Gasteiger partial charge in [0.25, 0.3) is 5.91 Å². The summed E-state index contributed by atoms with van der Waals surface area (Å²) in [7, 11) is 0. The predicted molar refractivity (Wildman–Crippen MR) is 91.5 cm³/mol. The van der Waals surface area contributed by atoms with Crippen LogP contribution in [-0.2, 0) is 0 Å². The minimum Gasteiger partial charge on any atom is -0.337 e. The van der Waals surface area contributed by atoms with Crippen LogP contribution in [0.5, 0.6) is 0 Å². The lowest BCUT2D eigenvalue weighted by atomic mass is 9.97. The smallest absolute Gasteiger partial charge is 0.276 e. The van der Waals surface area contributed by atoms with Gasteiger partial charge in [0.1, 0.15) is 0 Å². The maximum atomic E-state index is 12.7. The van der Waals surface area contributed by atoms with Gasteiger partial charge in [-0.05, 0) is 50.4 Å². The second kappa shape index (κ2) is 6.80. The van der Waals surface area contributed by atoms with Crippen molar-refractivity contribution in [1.29, 1.82) is 0 Å². The van der Waals surface area contributed by atoms with Crippen LogP contribution in [0, 0.1) is 12.8 Å². The van der Waals surface area contributed by atoms with E-state index in [4.69, 9.17) is 5.73 Å². The van der Waals surface area contributed by atoms with Crippen LogP contribution in [0.15, 0.2) is 28.7 Å². The molecular formula is C16H20BrN5O. The Labute approximate surface area is 143 Å². The second-order valence-electron chi connectivity index (χ2n) is 5.89. The van der Waals surface area contributed by atoms with Gasteiger partial charge in [-0.2, -0.15) is 0 Å². The maximum absolute atomic E-state index is 12.7. The van der Waals surface area contributed by atoms with Crippen LogP contribution in [0.2, 0.25) is 0 Å². The summed E-state index contributed by atoms with van der Waals surface area (Å²) in [5, 5.41) is 8.27. The number of nitrogens with zero attached hydrogens (tertiary/aromatic N) is 4. The van der Waals surface area contributed by atoms with Crippen molar-refractivity contribution in [1.82, 2.24) is 19.9 Å². The number of nitrogens with two attached hydrogens (primary N) is 1. The molecule has 6 nitrogen and oxygen atoms in total. The van der Waals surface area contributed by atoms with Gasteiger partial charge in [-0.25, -0.2) is 4.68 Å². The predicted octanol–water partition coefficient (Wildman–Crippen LogP) is 2.15. The topological polar surface area (TPSA) is 77.0 Å². The zero-order chi connectivity index (χ0) is 16.4. The summed E-state index contributed by atoms with van der Waals surface area (Å²) in [6, 6.07) is 7.76. The van der Waals surface area contributed by atoms with E-state index in [0.29, 0.717) is 18.2 Å². The molecule has 0 radical (unpaired) electrons. The Morgan fingerprint density at radius 3 is 2.78 bits per heavy atom. The Hall–Kier alpha value is -1.73. The Balaban J connectivity index is 1.80. The number of benzene rings is 1. The van der Waals surface area contributed by atoms with Crippen LogP contribution >= 0.6 is 15.9 Å². The van der Waals surface area contributed by atoms with Crippen LogP contribution in [0.3, 0.4) is 0 Å². The van der Waals surface area contributed by atoms with Crippen LogP contribution in [-0.4, -0.2) is 45.4 Å². The van der Waals surface area contributed by atoms with E-state index in [-0.39, 0.29) is 5.91 Å². The van der Waals surface area contributed by atoms with E-state index < -0.39 is 0 Å². The molecule has 0 spiro atoms. The molecule has 1 aromatic carbocycles. The SMILES string of the molecule is Cc1c(C(=O)N2CCC(CN)CC2)nnn1-c1cccc(Br)c1. The first-order valence-corrected chi connectivity index (χ1v) is 8.57. The van der Waals surface area contributed by atoms with Gasteiger partial charge in [0.15, 0.2) is 5.69 Å². The van der Waals surface area contributed by atoms with Gasteiger partial charge >= 0.3 is 0 Å². The molecule has 2 aromatic rings. The van der Waals surface area contributed by atoms with Crippen LogP contribution in [0.25, 0.3) is 5.69 Å². The summed E-state index contributed by atoms with van der Waals surface area (Å²) in [5.41, 5.74) is 7.77. The molecule has 0 saturated carbocycles. The van der Waals surface area contributed by atoms with Crippen LogP contribution < -0.4 is 5.73 Å². The van der Waals surface area contributed by atoms with Crippen molar-refractivity contribution in [2.75, 3.05) is 19.6 Å². The van der Waals surface area contributed by atoms with Gasteiger partial charge in [0.05, 0.1) is 11.4 Å². The number of likely N-dealkylation sites (tertiary alicyclic amines) is 1. The Kier molecular flexibility index (Phi) is 4.77. The number of aromatic nitrogens is 3. The quantitative estimate of drug-likeness (QED) is 0.888. The fourth-order valence-electron chi connectivity index (χ4n) is 2.90. The summed E-state index contributed by atoms with van der Waals surface area (Å²) >= 11 is 3.45. The van der Waals surface area contributed by atoms with E-state index in [0.717, 1.165) is 41.8 Å². The normalized spacial score (nSPS) is 15.9. The maximum Gasteiger partial charge on any atom is 0.276 e. The monoisotopic (exact) mass is 377 g/mol. The van der Waals surface area contributed by atoms with Crippen molar-refractivity contribution in [3.05, 3.63) is 40.1 Å². The third-order valence-electron chi connectivity index (χ3n) is 4.38. The molecule has 3 rings (SSSR count). The summed E-state index contributed by atoms with van der Waals surface area (Å²) in [4.78, 5) is 14.6. The number of carbonyl (C=O) groups excluding carboxylic acids is 1. The van der Waals surface area contributed by atoms with Crippen molar-refractivity contribution in [2.45, 2.75) is 19.8 Å². The van der Waals surface area contributed by atoms with E-state index in [1.54, 1.807) is 4.68 Å². The molecule has 1 aromatic heterocycles. The van der Waals surface area contributed by atoms with Gasteiger partial charge in [-0.1, -0.05) is 27.2 Å². The molecule has 2 heterocycles. The summed E-state index contributed by atoms with van der Waals surface area (Å²) in [6.45, 7) is 4.05. The Morgan fingerprint density at radius 2 is 2.13 bits per heavy atom. The highest BCUT2D eigenvalue weighted by atomic mass is 79.9. The number of amides is 1. The molecular weight excluding hydrogens is 358 g/mol. The number of rotatable bonds is 3. The molecule has 1 aliphatic heterocycles. The van der Waals surface area contributed by atoms with Crippen molar-refractivity contribution >= 4 is 21.8 Å². The lowest BCUT2D eigenvalue weighted by molar-refractivity contribution is 0.0686. The fourth-order valence-corrected chi connectivity index (χ4v) is 3.29. The molecule has 7 heteroatoms. The first-order valence-electron chi connectivity index (χ1n) is 7.77. The highest BCUT2D eigenvalue weighted by molar-refractivity contribution is 9.10. The average molecular weight is 378 g/mol. The van der Waals surface area contributed by atoms with Crippen molar-refractivity contribution in [3.63, 3.8) is 0 Å². The third kappa shape index (κ3) is 3.30. The molecule has 0 bridgehead atoms. The summed E-state index contributed by atoms with van der Waals surface area (Å²) in [5.74, 6) is 0.483. The van der Waals surface area contributed by atoms with Crippen LogP contribution in [0.1, 0.15) is 29.0 Å². The molecule has 1 saturated heterocycles. The largest absolute Gasteiger partial charge is 0.337 e. The van der Waals surface area contributed by atoms with Gasteiger partial charge in [0.2, 0.25) is 0 Å². The summed E-state index contributed by atoms with van der Waals surface area (Å²) in [6.07, 6.45) is 1.92. The highest BCUT2D eigenvalue weighted by Crippen LogP contribution is 2.20. The number of hydrogen-bond donors (Lipinski definition) is 1. The second-order valence-corrected chi connectivity index (χ2v) is 6.80. The molecule has 1 amide bonds. The van der Waals surface area contributed by atoms with Crippen LogP contribution in [0.4, 0.5) is 0 Å². The van der Waals surface area contributed by atoms with E-state index in [9.17, 15) is 4.79 Å². The lowest BCUT2D eigenvalue weighted by Gasteiger charge is -2.30. The molecule has 0 atom stereocenters. The number of hydrogen-bond acceptors (Lipinski definition) is 4. The van der Waals surface area contributed by atoms with Gasteiger partial charge in [0, 0.05) is 17.6 Å². The van der Waals surface area contributed by atoms with E-state index in [2.05, 4.69) is 26.2 Å². The standard InChI is InChI=1S/C16H20BrN5O/c1-11-15(16(23)21-7-5-12(10-18)6-8-21)19-20-22(11)14-4-2-3-13(17)9-14/h2-4,9,12H,5-8,10,18H2,1H3. The molecule has 122 valence electrons. The minimum atomic E-state index is -0.0424. The van der Waals surface area contributed by atoms with Crippen molar-refractivity contribution < 1.29 is 4.79 Å².